The average molecular weight is 261 g/mol. The SMILES string of the molecule is N#Cc1ccc(C(F)(F)F)nc1NC(CO)CO. The first-order valence-corrected chi connectivity index (χ1v) is 4.89. The topological polar surface area (TPSA) is 89.2 Å². The maximum absolute atomic E-state index is 12.4. The van der Waals surface area contributed by atoms with Gasteiger partial charge in [0.15, 0.2) is 0 Å². The molecule has 0 aromatic carbocycles. The average Bonchev–Trinajstić information content (AvgIpc) is 2.34. The van der Waals surface area contributed by atoms with Gasteiger partial charge in [-0.25, -0.2) is 4.98 Å². The number of hydrogen-bond donors (Lipinski definition) is 3. The van der Waals surface area contributed by atoms with Crippen LogP contribution >= 0.6 is 0 Å². The number of alkyl halides is 3. The molecule has 5 nitrogen and oxygen atoms in total. The Balaban J connectivity index is 3.11. The van der Waals surface area contributed by atoms with Crippen LogP contribution in [0.5, 0.6) is 0 Å². The summed E-state index contributed by atoms with van der Waals surface area (Å²) in [5, 5.41) is 28.8. The van der Waals surface area contributed by atoms with Gasteiger partial charge in [0.2, 0.25) is 0 Å². The van der Waals surface area contributed by atoms with E-state index in [9.17, 15) is 13.2 Å². The molecule has 1 aromatic rings. The third-order valence-corrected chi connectivity index (χ3v) is 2.09. The Hall–Kier alpha value is -1.85. The van der Waals surface area contributed by atoms with E-state index in [1.54, 1.807) is 6.07 Å². The number of nitriles is 1. The summed E-state index contributed by atoms with van der Waals surface area (Å²) in [6.45, 7) is -1.00. The van der Waals surface area contributed by atoms with Crippen molar-refractivity contribution in [2.24, 2.45) is 0 Å². The van der Waals surface area contributed by atoms with E-state index in [2.05, 4.69) is 10.3 Å². The standard InChI is InChI=1S/C10H10F3N3O2/c11-10(12,13)8-2-1-6(3-14)9(16-8)15-7(4-17)5-18/h1-2,7,17-18H,4-5H2,(H,15,16). The minimum atomic E-state index is -4.63. The van der Waals surface area contributed by atoms with Crippen molar-refractivity contribution < 1.29 is 23.4 Å². The van der Waals surface area contributed by atoms with E-state index in [1.807, 2.05) is 0 Å². The van der Waals surface area contributed by atoms with Gasteiger partial charge in [0.05, 0.1) is 24.8 Å². The molecule has 98 valence electrons. The predicted octanol–water partition coefficient (Wildman–Crippen LogP) is 0.737. The van der Waals surface area contributed by atoms with Gasteiger partial charge in [-0.15, -0.1) is 0 Å². The molecule has 0 amide bonds. The van der Waals surface area contributed by atoms with E-state index >= 15 is 0 Å². The van der Waals surface area contributed by atoms with Gasteiger partial charge in [0.25, 0.3) is 0 Å². The van der Waals surface area contributed by atoms with E-state index in [0.717, 1.165) is 6.07 Å². The first-order valence-electron chi connectivity index (χ1n) is 4.89. The molecule has 1 heterocycles. The molecule has 1 aromatic heterocycles. The number of pyridine rings is 1. The highest BCUT2D eigenvalue weighted by Gasteiger charge is 2.33. The lowest BCUT2D eigenvalue weighted by molar-refractivity contribution is -0.141. The minimum absolute atomic E-state index is 0.102. The molecular weight excluding hydrogens is 251 g/mol. The lowest BCUT2D eigenvalue weighted by Crippen LogP contribution is -2.29. The highest BCUT2D eigenvalue weighted by Crippen LogP contribution is 2.29. The van der Waals surface area contributed by atoms with Crippen molar-refractivity contribution >= 4 is 5.82 Å². The van der Waals surface area contributed by atoms with Crippen molar-refractivity contribution in [3.63, 3.8) is 0 Å². The number of nitrogens with zero attached hydrogens (tertiary/aromatic N) is 2. The van der Waals surface area contributed by atoms with Gasteiger partial charge >= 0.3 is 6.18 Å². The molecule has 1 rings (SSSR count). The molecule has 3 N–H and O–H groups in total. The second kappa shape index (κ2) is 5.66. The van der Waals surface area contributed by atoms with Crippen molar-refractivity contribution in [2.45, 2.75) is 12.2 Å². The zero-order valence-corrected chi connectivity index (χ0v) is 9.07. The van der Waals surface area contributed by atoms with Crippen molar-refractivity contribution in [1.29, 1.82) is 5.26 Å². The summed E-state index contributed by atoms with van der Waals surface area (Å²) in [7, 11) is 0. The van der Waals surface area contributed by atoms with Crippen LogP contribution in [0.15, 0.2) is 12.1 Å². The van der Waals surface area contributed by atoms with Crippen LogP contribution < -0.4 is 5.32 Å². The van der Waals surface area contributed by atoms with Crippen LogP contribution in [0.2, 0.25) is 0 Å². The Morgan fingerprint density at radius 3 is 2.39 bits per heavy atom. The minimum Gasteiger partial charge on any atom is -0.394 e. The highest BCUT2D eigenvalue weighted by atomic mass is 19.4. The second-order valence-electron chi connectivity index (χ2n) is 3.41. The highest BCUT2D eigenvalue weighted by molar-refractivity contribution is 5.53. The number of aliphatic hydroxyl groups excluding tert-OH is 2. The Morgan fingerprint density at radius 1 is 1.33 bits per heavy atom. The van der Waals surface area contributed by atoms with Crippen LogP contribution in [0.4, 0.5) is 19.0 Å². The van der Waals surface area contributed by atoms with Gasteiger partial charge in [0, 0.05) is 0 Å². The van der Waals surface area contributed by atoms with Crippen LogP contribution in [-0.2, 0) is 6.18 Å². The number of hydrogen-bond acceptors (Lipinski definition) is 5. The van der Waals surface area contributed by atoms with Gasteiger partial charge in [-0.3, -0.25) is 0 Å². The monoisotopic (exact) mass is 261 g/mol. The third-order valence-electron chi connectivity index (χ3n) is 2.09. The Bertz CT molecular complexity index is 453. The van der Waals surface area contributed by atoms with Gasteiger partial charge in [0.1, 0.15) is 17.6 Å². The zero-order valence-electron chi connectivity index (χ0n) is 9.07. The molecule has 0 aliphatic heterocycles. The molecule has 8 heteroatoms. The van der Waals surface area contributed by atoms with Crippen LogP contribution in [-0.4, -0.2) is 34.5 Å². The lowest BCUT2D eigenvalue weighted by atomic mass is 10.2. The summed E-state index contributed by atoms with van der Waals surface area (Å²) in [6.07, 6.45) is -4.63. The molecule has 0 aliphatic carbocycles. The van der Waals surface area contributed by atoms with E-state index in [1.165, 1.54) is 0 Å². The summed E-state index contributed by atoms with van der Waals surface area (Å²) in [5.41, 5.74) is -1.26. The fourth-order valence-corrected chi connectivity index (χ4v) is 1.16. The maximum Gasteiger partial charge on any atom is 0.433 e. The van der Waals surface area contributed by atoms with E-state index < -0.39 is 31.1 Å². The zero-order chi connectivity index (χ0) is 13.8. The largest absolute Gasteiger partial charge is 0.433 e. The molecule has 0 unspecified atom stereocenters. The number of rotatable bonds is 4. The van der Waals surface area contributed by atoms with E-state index in [4.69, 9.17) is 15.5 Å². The molecule has 0 saturated carbocycles. The molecular formula is C10H10F3N3O2. The van der Waals surface area contributed by atoms with Crippen molar-refractivity contribution in [2.75, 3.05) is 18.5 Å². The molecule has 0 spiro atoms. The fraction of sp³-hybridized carbons (Fsp3) is 0.400. The normalized spacial score (nSPS) is 11.4. The van der Waals surface area contributed by atoms with Gasteiger partial charge in [-0.2, -0.15) is 18.4 Å². The molecule has 0 aliphatic rings. The molecule has 0 saturated heterocycles. The van der Waals surface area contributed by atoms with Gasteiger partial charge in [-0.05, 0) is 12.1 Å². The smallest absolute Gasteiger partial charge is 0.394 e. The van der Waals surface area contributed by atoms with Crippen molar-refractivity contribution in [1.82, 2.24) is 4.98 Å². The summed E-state index contributed by atoms with van der Waals surface area (Å²) < 4.78 is 37.3. The summed E-state index contributed by atoms with van der Waals surface area (Å²) in [5.74, 6) is -0.319. The quantitative estimate of drug-likeness (QED) is 0.743. The first-order chi connectivity index (χ1) is 8.42. The van der Waals surface area contributed by atoms with Crippen molar-refractivity contribution in [3.05, 3.63) is 23.4 Å². The number of aromatic nitrogens is 1. The number of aliphatic hydroxyl groups is 2. The Morgan fingerprint density at radius 2 is 1.94 bits per heavy atom. The van der Waals surface area contributed by atoms with Crippen molar-refractivity contribution in [3.8, 4) is 6.07 Å². The molecule has 0 bridgehead atoms. The summed E-state index contributed by atoms with van der Waals surface area (Å²) in [6, 6.07) is 2.46. The second-order valence-corrected chi connectivity index (χ2v) is 3.41. The van der Waals surface area contributed by atoms with Crippen LogP contribution in [0.1, 0.15) is 11.3 Å². The third kappa shape index (κ3) is 3.32. The maximum atomic E-state index is 12.4. The van der Waals surface area contributed by atoms with Crippen LogP contribution in [0, 0.1) is 11.3 Å². The predicted molar refractivity (Wildman–Crippen MR) is 55.5 cm³/mol. The Kier molecular flexibility index (Phi) is 4.47. The fourth-order valence-electron chi connectivity index (χ4n) is 1.16. The number of nitrogens with one attached hydrogen (secondary N) is 1. The molecule has 0 radical (unpaired) electrons. The van der Waals surface area contributed by atoms with E-state index in [0.29, 0.717) is 6.07 Å². The number of anilines is 1. The Labute approximate surface area is 101 Å². The van der Waals surface area contributed by atoms with Gasteiger partial charge in [-0.1, -0.05) is 0 Å². The molecule has 0 fully saturated rings. The van der Waals surface area contributed by atoms with E-state index in [-0.39, 0.29) is 11.4 Å². The molecule has 0 atom stereocenters. The molecule has 18 heavy (non-hydrogen) atoms. The summed E-state index contributed by atoms with van der Waals surface area (Å²) in [4.78, 5) is 3.27. The summed E-state index contributed by atoms with van der Waals surface area (Å²) >= 11 is 0. The first kappa shape index (κ1) is 14.2. The van der Waals surface area contributed by atoms with Crippen LogP contribution in [0.3, 0.4) is 0 Å². The number of halogens is 3. The van der Waals surface area contributed by atoms with Gasteiger partial charge < -0.3 is 15.5 Å². The van der Waals surface area contributed by atoms with Crippen LogP contribution in [0.25, 0.3) is 0 Å². The lowest BCUT2D eigenvalue weighted by Gasteiger charge is -2.16.